The van der Waals surface area contributed by atoms with E-state index in [1.54, 1.807) is 19.0 Å². The van der Waals surface area contributed by atoms with Gasteiger partial charge in [0.25, 0.3) is 5.69 Å². The molecule has 0 saturated carbocycles. The second kappa shape index (κ2) is 3.99. The van der Waals surface area contributed by atoms with E-state index in [4.69, 9.17) is 0 Å². The fourth-order valence-electron chi connectivity index (χ4n) is 2.54. The Morgan fingerprint density at radius 1 is 1.35 bits per heavy atom. The minimum absolute atomic E-state index is 0.132. The van der Waals surface area contributed by atoms with Crippen LogP contribution >= 0.6 is 0 Å². The molecule has 7 nitrogen and oxygen atoms in total. The number of anilines is 1. The van der Waals surface area contributed by atoms with Gasteiger partial charge in [-0.15, -0.1) is 0 Å². The second-order valence-electron chi connectivity index (χ2n) is 4.76. The Morgan fingerprint density at radius 3 is 2.70 bits per heavy atom. The van der Waals surface area contributed by atoms with Gasteiger partial charge in [-0.1, -0.05) is 0 Å². The first-order valence-electron chi connectivity index (χ1n) is 6.03. The van der Waals surface area contributed by atoms with Crippen LogP contribution in [0.25, 0.3) is 11.3 Å². The molecule has 0 spiro atoms. The summed E-state index contributed by atoms with van der Waals surface area (Å²) in [5.74, 6) is -0.536. The number of nitrogens with zero attached hydrogens (tertiary/aromatic N) is 5. The summed E-state index contributed by atoms with van der Waals surface area (Å²) >= 11 is 0. The third-order valence-corrected chi connectivity index (χ3v) is 3.61. The van der Waals surface area contributed by atoms with Gasteiger partial charge in [0.2, 0.25) is 0 Å². The van der Waals surface area contributed by atoms with Crippen molar-refractivity contribution in [2.45, 2.75) is 13.0 Å². The third-order valence-electron chi connectivity index (χ3n) is 3.61. The highest BCUT2D eigenvalue weighted by atomic mass is 19.1. The number of rotatable bonds is 1. The van der Waals surface area contributed by atoms with E-state index in [2.05, 4.69) is 10.2 Å². The molecule has 1 unspecified atom stereocenters. The molecule has 1 atom stereocenters. The Balaban J connectivity index is 2.41. The van der Waals surface area contributed by atoms with Crippen LogP contribution in [0.15, 0.2) is 12.1 Å². The van der Waals surface area contributed by atoms with Crippen molar-refractivity contribution in [3.63, 3.8) is 0 Å². The maximum atomic E-state index is 14.2. The minimum atomic E-state index is -0.536. The van der Waals surface area contributed by atoms with Gasteiger partial charge in [-0.2, -0.15) is 15.0 Å². The highest BCUT2D eigenvalue weighted by Crippen LogP contribution is 2.47. The van der Waals surface area contributed by atoms with Gasteiger partial charge in [-0.3, -0.25) is 10.1 Å². The molecule has 1 aliphatic heterocycles. The largest absolute Gasteiger partial charge is 0.360 e. The Kier molecular flexibility index (Phi) is 2.50. The molecule has 8 heteroatoms. The van der Waals surface area contributed by atoms with E-state index in [-0.39, 0.29) is 23.0 Å². The molecule has 0 amide bonds. The molecule has 0 fully saturated rings. The molecule has 0 bridgehead atoms. The van der Waals surface area contributed by atoms with Crippen LogP contribution in [0.5, 0.6) is 0 Å². The summed E-state index contributed by atoms with van der Waals surface area (Å²) in [7, 11) is 3.33. The predicted molar refractivity (Wildman–Crippen MR) is 69.9 cm³/mol. The van der Waals surface area contributed by atoms with Gasteiger partial charge in [-0.25, -0.2) is 4.39 Å². The van der Waals surface area contributed by atoms with Crippen molar-refractivity contribution in [1.82, 2.24) is 15.0 Å². The van der Waals surface area contributed by atoms with Crippen LogP contribution in [0.1, 0.15) is 18.7 Å². The zero-order valence-corrected chi connectivity index (χ0v) is 11.2. The molecule has 1 aromatic heterocycles. The number of nitro groups is 1. The second-order valence-corrected chi connectivity index (χ2v) is 4.76. The van der Waals surface area contributed by atoms with Crippen molar-refractivity contribution in [2.75, 3.05) is 11.9 Å². The van der Waals surface area contributed by atoms with E-state index in [1.165, 1.54) is 10.9 Å². The lowest BCUT2D eigenvalue weighted by molar-refractivity contribution is -0.384. The van der Waals surface area contributed by atoms with Gasteiger partial charge in [0, 0.05) is 20.2 Å². The minimum Gasteiger partial charge on any atom is -0.360 e. The average Bonchev–Trinajstić information content (AvgIpc) is 2.77. The number of hydrogen-bond donors (Lipinski definition) is 0. The number of nitro benzene ring substituents is 1. The lowest BCUT2D eigenvalue weighted by atomic mass is 9.96. The molecule has 2 heterocycles. The predicted octanol–water partition coefficient (Wildman–Crippen LogP) is 2.04. The SMILES string of the molecule is CC1c2nn(C)nc2-c2c(F)ccc([N+](=O)[O-])c2N1C. The highest BCUT2D eigenvalue weighted by Gasteiger charge is 2.37. The zero-order chi connectivity index (χ0) is 14.6. The number of aryl methyl sites for hydroxylation is 1. The molecule has 0 saturated heterocycles. The highest BCUT2D eigenvalue weighted by molar-refractivity contribution is 5.87. The maximum Gasteiger partial charge on any atom is 0.293 e. The first-order valence-corrected chi connectivity index (χ1v) is 6.03. The van der Waals surface area contributed by atoms with Crippen LogP contribution in [0, 0.1) is 15.9 Å². The summed E-state index contributed by atoms with van der Waals surface area (Å²) in [6.07, 6.45) is 0. The Morgan fingerprint density at radius 2 is 2.05 bits per heavy atom. The third kappa shape index (κ3) is 1.50. The quantitative estimate of drug-likeness (QED) is 0.589. The Hall–Kier alpha value is -2.51. The Labute approximate surface area is 113 Å². The van der Waals surface area contributed by atoms with Crippen LogP contribution in [-0.4, -0.2) is 27.0 Å². The fourth-order valence-corrected chi connectivity index (χ4v) is 2.54. The summed E-state index contributed by atoms with van der Waals surface area (Å²) < 4.78 is 14.2. The smallest absolute Gasteiger partial charge is 0.293 e. The fraction of sp³-hybridized carbons (Fsp3) is 0.333. The molecule has 3 rings (SSSR count). The van der Waals surface area contributed by atoms with Gasteiger partial charge < -0.3 is 4.90 Å². The van der Waals surface area contributed by atoms with Crippen LogP contribution in [0.3, 0.4) is 0 Å². The van der Waals surface area contributed by atoms with Crippen LogP contribution < -0.4 is 4.90 Å². The molecule has 1 aromatic carbocycles. The first-order chi connectivity index (χ1) is 9.41. The van der Waals surface area contributed by atoms with Gasteiger partial charge in [0.1, 0.15) is 22.9 Å². The normalized spacial score (nSPS) is 16.8. The van der Waals surface area contributed by atoms with Crippen molar-refractivity contribution in [3.05, 3.63) is 33.8 Å². The zero-order valence-electron chi connectivity index (χ0n) is 11.2. The number of fused-ring (bicyclic) bond motifs is 3. The van der Waals surface area contributed by atoms with Gasteiger partial charge in [0.15, 0.2) is 0 Å². The molecule has 1 aliphatic rings. The van der Waals surface area contributed by atoms with Crippen LogP contribution in [-0.2, 0) is 7.05 Å². The summed E-state index contributed by atoms with van der Waals surface area (Å²) in [4.78, 5) is 13.7. The molecule has 0 radical (unpaired) electrons. The number of aromatic nitrogens is 3. The lowest BCUT2D eigenvalue weighted by Gasteiger charge is -2.31. The van der Waals surface area contributed by atoms with Gasteiger partial charge in [-0.05, 0) is 13.0 Å². The van der Waals surface area contributed by atoms with Gasteiger partial charge in [0.05, 0.1) is 16.5 Å². The van der Waals surface area contributed by atoms with Gasteiger partial charge >= 0.3 is 0 Å². The summed E-state index contributed by atoms with van der Waals surface area (Å²) in [5, 5.41) is 19.5. The Bertz CT molecular complexity index is 727. The van der Waals surface area contributed by atoms with E-state index in [9.17, 15) is 14.5 Å². The topological polar surface area (TPSA) is 77.1 Å². The first kappa shape index (κ1) is 12.5. The molecule has 0 N–H and O–H groups in total. The van der Waals surface area contributed by atoms with E-state index in [0.717, 1.165) is 6.07 Å². The summed E-state index contributed by atoms with van der Waals surface area (Å²) in [5.41, 5.74) is 1.24. The van der Waals surface area contributed by atoms with Crippen molar-refractivity contribution in [2.24, 2.45) is 7.05 Å². The molecule has 0 aliphatic carbocycles. The van der Waals surface area contributed by atoms with Crippen LogP contribution in [0.4, 0.5) is 15.8 Å². The summed E-state index contributed by atoms with van der Waals surface area (Å²) in [6.45, 7) is 1.85. The van der Waals surface area contributed by atoms with E-state index in [0.29, 0.717) is 11.4 Å². The number of benzene rings is 1. The molecule has 20 heavy (non-hydrogen) atoms. The van der Waals surface area contributed by atoms with Crippen molar-refractivity contribution < 1.29 is 9.31 Å². The lowest BCUT2D eigenvalue weighted by Crippen LogP contribution is -2.27. The average molecular weight is 277 g/mol. The van der Waals surface area contributed by atoms with Crippen molar-refractivity contribution in [3.8, 4) is 11.3 Å². The molecule has 2 aromatic rings. The summed E-state index contributed by atoms with van der Waals surface area (Å²) in [6, 6.07) is 2.06. The van der Waals surface area contributed by atoms with Crippen molar-refractivity contribution >= 4 is 11.4 Å². The van der Waals surface area contributed by atoms with Crippen LogP contribution in [0.2, 0.25) is 0 Å². The number of halogens is 1. The maximum absolute atomic E-state index is 14.2. The molecule has 104 valence electrons. The monoisotopic (exact) mass is 277 g/mol. The van der Waals surface area contributed by atoms with E-state index in [1.807, 2.05) is 6.92 Å². The molecular weight excluding hydrogens is 265 g/mol. The standard InChI is InChI=1S/C12H12FN5O2/c1-6-10-11(15-17(3)14-10)9-7(13)4-5-8(18(19)20)12(9)16(6)2/h4-6H,1-3H3. The van der Waals surface area contributed by atoms with Crippen molar-refractivity contribution in [1.29, 1.82) is 0 Å². The number of hydrogen-bond acceptors (Lipinski definition) is 5. The molecular formula is C12H12FN5O2. The van der Waals surface area contributed by atoms with E-state index < -0.39 is 10.7 Å². The van der Waals surface area contributed by atoms with E-state index >= 15 is 0 Å².